The second-order valence-electron chi connectivity index (χ2n) is 8.12. The Balaban J connectivity index is 1.43. The van der Waals surface area contributed by atoms with E-state index in [-0.39, 0.29) is 17.2 Å². The van der Waals surface area contributed by atoms with E-state index in [4.69, 9.17) is 11.6 Å². The number of halogens is 1. The molecule has 0 saturated carbocycles. The number of hydrogen-bond acceptors (Lipinski definition) is 3. The Morgan fingerprint density at radius 2 is 1.66 bits per heavy atom. The molecule has 0 atom stereocenters. The summed E-state index contributed by atoms with van der Waals surface area (Å²) in [5.41, 5.74) is 3.00. The van der Waals surface area contributed by atoms with Gasteiger partial charge in [0.1, 0.15) is 0 Å². The van der Waals surface area contributed by atoms with Crippen molar-refractivity contribution in [3.63, 3.8) is 0 Å². The molecule has 3 aromatic rings. The molecule has 0 bridgehead atoms. The predicted molar refractivity (Wildman–Crippen MR) is 128 cm³/mol. The first-order chi connectivity index (χ1) is 15.5. The summed E-state index contributed by atoms with van der Waals surface area (Å²) in [5, 5.41) is 13.0. The standard InChI is InChI=1S/C26H25ClN2O3/c27-21-8-6-20(7-9-21)25(30)28-24-11-10-22(17-23(24)26(31)32)29-14-12-19(13-15-29)16-18-4-2-1-3-5-18/h1-11,17,19H,12-16H2,(H,28,30)(H,31,32). The average Bonchev–Trinajstić information content (AvgIpc) is 2.81. The monoisotopic (exact) mass is 448 g/mol. The third-order valence-electron chi connectivity index (χ3n) is 5.94. The number of piperidine rings is 1. The lowest BCUT2D eigenvalue weighted by atomic mass is 9.90. The molecular weight excluding hydrogens is 424 g/mol. The molecule has 0 radical (unpaired) electrons. The van der Waals surface area contributed by atoms with Crippen LogP contribution in [0.2, 0.25) is 5.02 Å². The van der Waals surface area contributed by atoms with E-state index in [1.807, 2.05) is 12.1 Å². The minimum Gasteiger partial charge on any atom is -0.478 e. The molecular formula is C26H25ClN2O3. The van der Waals surface area contributed by atoms with Gasteiger partial charge in [-0.1, -0.05) is 41.9 Å². The second kappa shape index (κ2) is 9.88. The van der Waals surface area contributed by atoms with Crippen molar-refractivity contribution in [2.75, 3.05) is 23.3 Å². The van der Waals surface area contributed by atoms with E-state index in [1.54, 1.807) is 36.4 Å². The summed E-state index contributed by atoms with van der Waals surface area (Å²) in [4.78, 5) is 26.6. The fraction of sp³-hybridized carbons (Fsp3) is 0.231. The van der Waals surface area contributed by atoms with E-state index in [1.165, 1.54) is 5.56 Å². The summed E-state index contributed by atoms with van der Waals surface area (Å²) in [6.07, 6.45) is 3.20. The minimum absolute atomic E-state index is 0.0798. The molecule has 32 heavy (non-hydrogen) atoms. The Morgan fingerprint density at radius 1 is 0.969 bits per heavy atom. The fourth-order valence-corrected chi connectivity index (χ4v) is 4.28. The summed E-state index contributed by atoms with van der Waals surface area (Å²) in [6, 6.07) is 22.2. The Labute approximate surface area is 192 Å². The molecule has 0 unspecified atom stereocenters. The second-order valence-corrected chi connectivity index (χ2v) is 8.55. The number of aromatic carboxylic acids is 1. The predicted octanol–water partition coefficient (Wildman–Crippen LogP) is 5.75. The third-order valence-corrected chi connectivity index (χ3v) is 6.19. The van der Waals surface area contributed by atoms with E-state index >= 15 is 0 Å². The number of amides is 1. The molecule has 2 N–H and O–H groups in total. The molecule has 1 saturated heterocycles. The van der Waals surface area contributed by atoms with Crippen LogP contribution in [0.5, 0.6) is 0 Å². The van der Waals surface area contributed by atoms with Crippen LogP contribution in [0.25, 0.3) is 0 Å². The molecule has 6 heteroatoms. The van der Waals surface area contributed by atoms with Crippen molar-refractivity contribution in [3.8, 4) is 0 Å². The fourth-order valence-electron chi connectivity index (χ4n) is 4.15. The Hall–Kier alpha value is -3.31. The van der Waals surface area contributed by atoms with Crippen LogP contribution in [-0.4, -0.2) is 30.1 Å². The SMILES string of the molecule is O=C(Nc1ccc(N2CCC(Cc3ccccc3)CC2)cc1C(=O)O)c1ccc(Cl)cc1. The van der Waals surface area contributed by atoms with Gasteiger partial charge in [0, 0.05) is 29.4 Å². The lowest BCUT2D eigenvalue weighted by Crippen LogP contribution is -2.34. The lowest BCUT2D eigenvalue weighted by molar-refractivity contribution is 0.0698. The number of carboxylic acids is 1. The van der Waals surface area contributed by atoms with Crippen molar-refractivity contribution in [3.05, 3.63) is 94.5 Å². The average molecular weight is 449 g/mol. The first-order valence-electron chi connectivity index (χ1n) is 10.7. The number of nitrogens with one attached hydrogen (secondary N) is 1. The first-order valence-corrected chi connectivity index (χ1v) is 11.1. The molecule has 1 amide bonds. The smallest absolute Gasteiger partial charge is 0.337 e. The quantitative estimate of drug-likeness (QED) is 0.503. The van der Waals surface area contributed by atoms with Gasteiger partial charge in [-0.25, -0.2) is 4.79 Å². The van der Waals surface area contributed by atoms with Gasteiger partial charge in [0.15, 0.2) is 0 Å². The molecule has 1 fully saturated rings. The molecule has 0 aliphatic carbocycles. The highest BCUT2D eigenvalue weighted by Gasteiger charge is 2.22. The van der Waals surface area contributed by atoms with Crippen LogP contribution in [0, 0.1) is 5.92 Å². The number of anilines is 2. The molecule has 5 nitrogen and oxygen atoms in total. The zero-order chi connectivity index (χ0) is 22.5. The highest BCUT2D eigenvalue weighted by Crippen LogP contribution is 2.29. The number of hydrogen-bond donors (Lipinski definition) is 2. The maximum Gasteiger partial charge on any atom is 0.337 e. The van der Waals surface area contributed by atoms with Gasteiger partial charge >= 0.3 is 5.97 Å². The zero-order valence-electron chi connectivity index (χ0n) is 17.6. The van der Waals surface area contributed by atoms with E-state index < -0.39 is 5.97 Å². The molecule has 1 aliphatic rings. The van der Waals surface area contributed by atoms with E-state index in [0.717, 1.165) is 38.0 Å². The van der Waals surface area contributed by atoms with Gasteiger partial charge in [-0.15, -0.1) is 0 Å². The Kier molecular flexibility index (Phi) is 6.76. The highest BCUT2D eigenvalue weighted by molar-refractivity contribution is 6.30. The molecule has 0 aromatic heterocycles. The summed E-state index contributed by atoms with van der Waals surface area (Å²) < 4.78 is 0. The number of carbonyl (C=O) groups is 2. The van der Waals surface area contributed by atoms with Crippen LogP contribution >= 0.6 is 11.6 Å². The number of benzene rings is 3. The highest BCUT2D eigenvalue weighted by atomic mass is 35.5. The molecule has 164 valence electrons. The number of rotatable bonds is 6. The first kappa shape index (κ1) is 21.9. The summed E-state index contributed by atoms with van der Waals surface area (Å²) in [5.74, 6) is -0.818. The zero-order valence-corrected chi connectivity index (χ0v) is 18.4. The van der Waals surface area contributed by atoms with Crippen molar-refractivity contribution in [2.24, 2.45) is 5.92 Å². The van der Waals surface area contributed by atoms with Crippen LogP contribution < -0.4 is 10.2 Å². The van der Waals surface area contributed by atoms with Gasteiger partial charge in [-0.3, -0.25) is 4.79 Å². The van der Waals surface area contributed by atoms with Gasteiger partial charge < -0.3 is 15.3 Å². The summed E-state index contributed by atoms with van der Waals surface area (Å²) in [7, 11) is 0. The molecule has 0 spiro atoms. The maximum atomic E-state index is 12.5. The summed E-state index contributed by atoms with van der Waals surface area (Å²) in [6.45, 7) is 1.76. The van der Waals surface area contributed by atoms with Crippen molar-refractivity contribution < 1.29 is 14.7 Å². The number of carboxylic acid groups (broad SMARTS) is 1. The van der Waals surface area contributed by atoms with E-state index in [0.29, 0.717) is 16.5 Å². The normalized spacial score (nSPS) is 14.2. The topological polar surface area (TPSA) is 69.6 Å². The lowest BCUT2D eigenvalue weighted by Gasteiger charge is -2.34. The number of nitrogens with zero attached hydrogens (tertiary/aromatic N) is 1. The summed E-state index contributed by atoms with van der Waals surface area (Å²) >= 11 is 5.87. The van der Waals surface area contributed by atoms with Gasteiger partial charge in [0.05, 0.1) is 11.3 Å². The van der Waals surface area contributed by atoms with Crippen LogP contribution in [0.4, 0.5) is 11.4 Å². The molecule has 1 aliphatic heterocycles. The van der Waals surface area contributed by atoms with Crippen LogP contribution in [0.1, 0.15) is 39.1 Å². The molecule has 1 heterocycles. The maximum absolute atomic E-state index is 12.5. The van der Waals surface area contributed by atoms with E-state index in [2.05, 4.69) is 34.5 Å². The van der Waals surface area contributed by atoms with E-state index in [9.17, 15) is 14.7 Å². The Morgan fingerprint density at radius 3 is 2.31 bits per heavy atom. The number of carbonyl (C=O) groups excluding carboxylic acids is 1. The van der Waals surface area contributed by atoms with Crippen molar-refractivity contribution >= 4 is 34.9 Å². The Bertz CT molecular complexity index is 1090. The van der Waals surface area contributed by atoms with Crippen LogP contribution in [0.15, 0.2) is 72.8 Å². The van der Waals surface area contributed by atoms with Gasteiger partial charge in [-0.05, 0) is 73.2 Å². The van der Waals surface area contributed by atoms with Gasteiger partial charge in [0.25, 0.3) is 5.91 Å². The largest absolute Gasteiger partial charge is 0.478 e. The van der Waals surface area contributed by atoms with Crippen molar-refractivity contribution in [1.29, 1.82) is 0 Å². The van der Waals surface area contributed by atoms with Gasteiger partial charge in [0.2, 0.25) is 0 Å². The minimum atomic E-state index is -1.07. The molecule has 3 aromatic carbocycles. The van der Waals surface area contributed by atoms with Crippen molar-refractivity contribution in [2.45, 2.75) is 19.3 Å². The molecule has 4 rings (SSSR count). The van der Waals surface area contributed by atoms with Gasteiger partial charge in [-0.2, -0.15) is 0 Å². The van der Waals surface area contributed by atoms with Crippen molar-refractivity contribution in [1.82, 2.24) is 0 Å². The van der Waals surface area contributed by atoms with Crippen LogP contribution in [-0.2, 0) is 6.42 Å². The third kappa shape index (κ3) is 5.29. The van der Waals surface area contributed by atoms with Crippen LogP contribution in [0.3, 0.4) is 0 Å².